The molecule has 0 aromatic heterocycles. The second-order valence-electron chi connectivity index (χ2n) is 3.93. The molecule has 0 saturated carbocycles. The van der Waals surface area contributed by atoms with Crippen molar-refractivity contribution in [3.63, 3.8) is 0 Å². The Balaban J connectivity index is 2.05. The molecule has 19 heavy (non-hydrogen) atoms. The zero-order valence-corrected chi connectivity index (χ0v) is 13.7. The van der Waals surface area contributed by atoms with E-state index in [2.05, 4.69) is 37.2 Å². The molecule has 0 bridgehead atoms. The van der Waals surface area contributed by atoms with Crippen LogP contribution >= 0.6 is 43.5 Å². The number of amides is 1. The van der Waals surface area contributed by atoms with Crippen LogP contribution in [-0.4, -0.2) is 5.91 Å². The van der Waals surface area contributed by atoms with Crippen molar-refractivity contribution in [2.45, 2.75) is 6.54 Å². The van der Waals surface area contributed by atoms with Gasteiger partial charge >= 0.3 is 0 Å². The minimum Gasteiger partial charge on any atom is -0.348 e. The first-order valence-corrected chi connectivity index (χ1v) is 7.50. The third kappa shape index (κ3) is 4.06. The Bertz CT molecular complexity index is 599. The zero-order chi connectivity index (χ0) is 13.8. The van der Waals surface area contributed by atoms with Crippen molar-refractivity contribution in [1.82, 2.24) is 5.32 Å². The lowest BCUT2D eigenvalue weighted by Crippen LogP contribution is -2.23. The standard InChI is InChI=1S/C14H10Br2ClNO/c15-10-3-6-13(16)12(7-10)14(19)18-8-9-1-4-11(17)5-2-9/h1-7H,8H2,(H,18,19). The van der Waals surface area contributed by atoms with Gasteiger partial charge in [-0.15, -0.1) is 0 Å². The molecule has 2 rings (SSSR count). The topological polar surface area (TPSA) is 29.1 Å². The number of nitrogens with one attached hydrogen (secondary N) is 1. The van der Waals surface area contributed by atoms with Gasteiger partial charge in [0.05, 0.1) is 5.56 Å². The van der Waals surface area contributed by atoms with E-state index < -0.39 is 0 Å². The molecule has 0 spiro atoms. The van der Waals surface area contributed by atoms with Crippen molar-refractivity contribution in [3.05, 3.63) is 67.6 Å². The second-order valence-corrected chi connectivity index (χ2v) is 6.14. The Labute approximate surface area is 133 Å². The van der Waals surface area contributed by atoms with Gasteiger partial charge in [-0.2, -0.15) is 0 Å². The quantitative estimate of drug-likeness (QED) is 0.784. The molecule has 1 amide bonds. The van der Waals surface area contributed by atoms with Crippen molar-refractivity contribution in [2.24, 2.45) is 0 Å². The molecule has 0 heterocycles. The monoisotopic (exact) mass is 401 g/mol. The molecule has 2 aromatic rings. The summed E-state index contributed by atoms with van der Waals surface area (Å²) in [5.74, 6) is -0.122. The van der Waals surface area contributed by atoms with Gasteiger partial charge in [0.2, 0.25) is 0 Å². The van der Waals surface area contributed by atoms with Gasteiger partial charge in [-0.1, -0.05) is 39.7 Å². The molecular formula is C14H10Br2ClNO. The van der Waals surface area contributed by atoms with Crippen molar-refractivity contribution in [1.29, 1.82) is 0 Å². The molecule has 2 aromatic carbocycles. The number of carbonyl (C=O) groups is 1. The fourth-order valence-electron chi connectivity index (χ4n) is 1.55. The Kier molecular flexibility index (Phi) is 5.02. The van der Waals surface area contributed by atoms with Gasteiger partial charge in [-0.05, 0) is 51.8 Å². The van der Waals surface area contributed by atoms with E-state index in [-0.39, 0.29) is 5.91 Å². The summed E-state index contributed by atoms with van der Waals surface area (Å²) < 4.78 is 1.64. The molecule has 0 radical (unpaired) electrons. The van der Waals surface area contributed by atoms with Crippen LogP contribution in [0.5, 0.6) is 0 Å². The maximum absolute atomic E-state index is 12.1. The normalized spacial score (nSPS) is 10.3. The van der Waals surface area contributed by atoms with Gasteiger partial charge in [-0.25, -0.2) is 0 Å². The third-order valence-electron chi connectivity index (χ3n) is 2.54. The predicted octanol–water partition coefficient (Wildman–Crippen LogP) is 4.80. The van der Waals surface area contributed by atoms with Crippen LogP contribution in [-0.2, 0) is 6.54 Å². The number of hydrogen-bond donors (Lipinski definition) is 1. The summed E-state index contributed by atoms with van der Waals surface area (Å²) in [5, 5.41) is 3.55. The molecule has 0 atom stereocenters. The Hall–Kier alpha value is -0.840. The molecule has 0 aliphatic carbocycles. The molecular weight excluding hydrogens is 393 g/mol. The first-order valence-electron chi connectivity index (χ1n) is 5.54. The zero-order valence-electron chi connectivity index (χ0n) is 9.79. The largest absolute Gasteiger partial charge is 0.348 e. The van der Waals surface area contributed by atoms with E-state index in [0.717, 1.165) is 14.5 Å². The summed E-state index contributed by atoms with van der Waals surface area (Å²) >= 11 is 12.5. The van der Waals surface area contributed by atoms with E-state index in [1.807, 2.05) is 24.3 Å². The van der Waals surface area contributed by atoms with Crippen molar-refractivity contribution in [2.75, 3.05) is 0 Å². The molecule has 98 valence electrons. The van der Waals surface area contributed by atoms with Crippen LogP contribution in [0.1, 0.15) is 15.9 Å². The molecule has 0 fully saturated rings. The maximum atomic E-state index is 12.1. The van der Waals surface area contributed by atoms with E-state index >= 15 is 0 Å². The summed E-state index contributed by atoms with van der Waals surface area (Å²) in [7, 11) is 0. The molecule has 0 aliphatic heterocycles. The van der Waals surface area contributed by atoms with Gasteiger partial charge < -0.3 is 5.32 Å². The van der Waals surface area contributed by atoms with E-state index in [1.165, 1.54) is 0 Å². The maximum Gasteiger partial charge on any atom is 0.252 e. The molecule has 1 N–H and O–H groups in total. The Morgan fingerprint density at radius 2 is 1.79 bits per heavy atom. The molecule has 0 saturated heterocycles. The Morgan fingerprint density at radius 1 is 1.11 bits per heavy atom. The van der Waals surface area contributed by atoms with E-state index in [0.29, 0.717) is 17.1 Å². The van der Waals surface area contributed by atoms with Crippen LogP contribution in [0.3, 0.4) is 0 Å². The predicted molar refractivity (Wildman–Crippen MR) is 84.5 cm³/mol. The van der Waals surface area contributed by atoms with Crippen molar-refractivity contribution < 1.29 is 4.79 Å². The average molecular weight is 404 g/mol. The first-order chi connectivity index (χ1) is 9.06. The van der Waals surface area contributed by atoms with E-state index in [1.54, 1.807) is 18.2 Å². The van der Waals surface area contributed by atoms with Crippen LogP contribution in [0.4, 0.5) is 0 Å². The molecule has 5 heteroatoms. The van der Waals surface area contributed by atoms with Crippen LogP contribution < -0.4 is 5.32 Å². The number of halogens is 3. The van der Waals surface area contributed by atoms with Gasteiger partial charge in [0.15, 0.2) is 0 Å². The number of benzene rings is 2. The second kappa shape index (κ2) is 6.55. The van der Waals surface area contributed by atoms with Crippen molar-refractivity contribution in [3.8, 4) is 0 Å². The van der Waals surface area contributed by atoms with Gasteiger partial charge in [0.1, 0.15) is 0 Å². The first kappa shape index (κ1) is 14.6. The Morgan fingerprint density at radius 3 is 2.47 bits per heavy atom. The smallest absolute Gasteiger partial charge is 0.252 e. The van der Waals surface area contributed by atoms with Crippen LogP contribution in [0.15, 0.2) is 51.4 Å². The SMILES string of the molecule is O=C(NCc1ccc(Cl)cc1)c1cc(Br)ccc1Br. The van der Waals surface area contributed by atoms with Gasteiger partial charge in [-0.3, -0.25) is 4.79 Å². The minimum atomic E-state index is -0.122. The molecule has 0 aliphatic rings. The third-order valence-corrected chi connectivity index (χ3v) is 3.98. The van der Waals surface area contributed by atoms with E-state index in [4.69, 9.17) is 11.6 Å². The highest BCUT2D eigenvalue weighted by Gasteiger charge is 2.10. The number of rotatable bonds is 3. The average Bonchev–Trinajstić information content (AvgIpc) is 2.40. The number of hydrogen-bond acceptors (Lipinski definition) is 1. The lowest BCUT2D eigenvalue weighted by Gasteiger charge is -2.07. The fourth-order valence-corrected chi connectivity index (χ4v) is 2.47. The van der Waals surface area contributed by atoms with Crippen LogP contribution in [0.25, 0.3) is 0 Å². The minimum absolute atomic E-state index is 0.122. The molecule has 0 unspecified atom stereocenters. The summed E-state index contributed by atoms with van der Waals surface area (Å²) in [6.45, 7) is 0.467. The summed E-state index contributed by atoms with van der Waals surface area (Å²) in [6.07, 6.45) is 0. The van der Waals surface area contributed by atoms with Crippen LogP contribution in [0, 0.1) is 0 Å². The number of carbonyl (C=O) groups excluding carboxylic acids is 1. The highest BCUT2D eigenvalue weighted by atomic mass is 79.9. The summed E-state index contributed by atoms with van der Waals surface area (Å²) in [6, 6.07) is 12.9. The fraction of sp³-hybridized carbons (Fsp3) is 0.0714. The van der Waals surface area contributed by atoms with Crippen LogP contribution in [0.2, 0.25) is 5.02 Å². The summed E-state index contributed by atoms with van der Waals surface area (Å²) in [5.41, 5.74) is 1.60. The van der Waals surface area contributed by atoms with Gasteiger partial charge in [0, 0.05) is 20.5 Å². The highest BCUT2D eigenvalue weighted by molar-refractivity contribution is 9.11. The lowest BCUT2D eigenvalue weighted by atomic mass is 10.2. The summed E-state index contributed by atoms with van der Waals surface area (Å²) in [4.78, 5) is 12.1. The van der Waals surface area contributed by atoms with Gasteiger partial charge in [0.25, 0.3) is 5.91 Å². The highest BCUT2D eigenvalue weighted by Crippen LogP contribution is 2.21. The lowest BCUT2D eigenvalue weighted by molar-refractivity contribution is 0.0950. The van der Waals surface area contributed by atoms with E-state index in [9.17, 15) is 4.79 Å². The molecule has 2 nitrogen and oxygen atoms in total. The van der Waals surface area contributed by atoms with Crippen molar-refractivity contribution >= 4 is 49.4 Å².